The zero-order chi connectivity index (χ0) is 14.1. The molecule has 2 heterocycles. The maximum absolute atomic E-state index is 4.26. The molecule has 0 amide bonds. The highest BCUT2D eigenvalue weighted by atomic mass is 15.2. The van der Waals surface area contributed by atoms with Crippen molar-refractivity contribution in [1.82, 2.24) is 24.3 Å². The zero-order valence-corrected chi connectivity index (χ0v) is 11.6. The van der Waals surface area contributed by atoms with Crippen molar-refractivity contribution in [2.24, 2.45) is 0 Å². The van der Waals surface area contributed by atoms with Gasteiger partial charge in [0, 0.05) is 17.9 Å². The van der Waals surface area contributed by atoms with Gasteiger partial charge in [-0.05, 0) is 31.0 Å². The number of nitrogens with zero attached hydrogens (tertiary/aromatic N) is 5. The monoisotopic (exact) mass is 280 g/mol. The summed E-state index contributed by atoms with van der Waals surface area (Å²) in [6, 6.07) is 8.86. The van der Waals surface area contributed by atoms with Gasteiger partial charge in [-0.2, -0.15) is 0 Å². The third-order valence-corrected chi connectivity index (χ3v) is 3.72. The van der Waals surface area contributed by atoms with Crippen molar-refractivity contribution in [2.45, 2.75) is 25.4 Å². The number of anilines is 1. The Hall–Kier alpha value is -2.63. The molecule has 0 saturated heterocycles. The van der Waals surface area contributed by atoms with Gasteiger partial charge in [-0.1, -0.05) is 6.07 Å². The third-order valence-electron chi connectivity index (χ3n) is 3.72. The van der Waals surface area contributed by atoms with Crippen molar-refractivity contribution >= 4 is 5.69 Å². The van der Waals surface area contributed by atoms with Crippen LogP contribution in [-0.2, 0) is 6.54 Å². The Kier molecular flexibility index (Phi) is 2.92. The molecule has 1 aromatic carbocycles. The highest BCUT2D eigenvalue weighted by molar-refractivity contribution is 5.51. The topological polar surface area (TPSA) is 60.6 Å². The molecular weight excluding hydrogens is 264 g/mol. The summed E-state index contributed by atoms with van der Waals surface area (Å²) in [5.41, 5.74) is 3.35. The number of imidazole rings is 1. The average Bonchev–Trinajstić information content (AvgIpc) is 3.04. The van der Waals surface area contributed by atoms with E-state index in [1.165, 1.54) is 18.5 Å². The smallest absolute Gasteiger partial charge is 0.123 e. The number of hydrogen-bond acceptors (Lipinski definition) is 4. The van der Waals surface area contributed by atoms with Crippen molar-refractivity contribution in [1.29, 1.82) is 0 Å². The van der Waals surface area contributed by atoms with E-state index in [1.54, 1.807) is 12.7 Å². The summed E-state index contributed by atoms with van der Waals surface area (Å²) in [5, 5.41) is 11.1. The first-order valence-electron chi connectivity index (χ1n) is 7.10. The van der Waals surface area contributed by atoms with Crippen LogP contribution in [-0.4, -0.2) is 24.3 Å². The van der Waals surface area contributed by atoms with Crippen molar-refractivity contribution in [3.8, 4) is 5.69 Å². The van der Waals surface area contributed by atoms with Crippen LogP contribution in [0.5, 0.6) is 0 Å². The molecule has 1 saturated carbocycles. The first-order valence-corrected chi connectivity index (χ1v) is 7.10. The van der Waals surface area contributed by atoms with Gasteiger partial charge in [0.25, 0.3) is 0 Å². The minimum Gasteiger partial charge on any atom is -0.379 e. The summed E-state index contributed by atoms with van der Waals surface area (Å²) in [7, 11) is 0. The van der Waals surface area contributed by atoms with E-state index in [2.05, 4.69) is 37.2 Å². The number of benzene rings is 1. The maximum atomic E-state index is 4.26. The van der Waals surface area contributed by atoms with Crippen molar-refractivity contribution in [3.63, 3.8) is 0 Å². The summed E-state index contributed by atoms with van der Waals surface area (Å²) in [4.78, 5) is 4.26. The van der Waals surface area contributed by atoms with E-state index < -0.39 is 0 Å². The number of aromatic nitrogens is 5. The molecule has 6 nitrogen and oxygen atoms in total. The summed E-state index contributed by atoms with van der Waals surface area (Å²) in [5.74, 6) is 0. The Morgan fingerprint density at radius 2 is 2.00 bits per heavy atom. The molecule has 0 radical (unpaired) electrons. The minimum absolute atomic E-state index is 0.660. The van der Waals surface area contributed by atoms with Crippen LogP contribution in [0.2, 0.25) is 0 Å². The molecule has 0 bridgehead atoms. The van der Waals surface area contributed by atoms with E-state index in [4.69, 9.17) is 0 Å². The van der Waals surface area contributed by atoms with E-state index in [1.807, 2.05) is 29.2 Å². The molecule has 2 aromatic heterocycles. The van der Waals surface area contributed by atoms with E-state index in [-0.39, 0.29) is 0 Å². The van der Waals surface area contributed by atoms with Crippen molar-refractivity contribution in [2.75, 3.05) is 5.32 Å². The second kappa shape index (κ2) is 5.05. The molecule has 1 N–H and O–H groups in total. The van der Waals surface area contributed by atoms with Gasteiger partial charge in [0.15, 0.2) is 0 Å². The Bertz CT molecular complexity index is 726. The second-order valence-corrected chi connectivity index (χ2v) is 5.30. The SMILES string of the molecule is c1cc(NCc2cncn2C2CC2)cc(-n2cnnc2)c1. The number of nitrogens with one attached hydrogen (secondary N) is 1. The van der Waals surface area contributed by atoms with Gasteiger partial charge in [-0.3, -0.25) is 4.57 Å². The molecular formula is C15H16N6. The summed E-state index contributed by atoms with van der Waals surface area (Å²) < 4.78 is 4.16. The van der Waals surface area contributed by atoms with Gasteiger partial charge >= 0.3 is 0 Å². The van der Waals surface area contributed by atoms with Gasteiger partial charge in [0.1, 0.15) is 12.7 Å². The van der Waals surface area contributed by atoms with E-state index in [0.29, 0.717) is 6.04 Å². The standard InChI is InChI=1S/C15H16N6/c1-2-12(6-14(3-1)20-10-18-19-11-20)17-8-15-7-16-9-21(15)13-4-5-13/h1-3,6-7,9-11,13,17H,4-5,8H2. The number of rotatable bonds is 5. The average molecular weight is 280 g/mol. The first-order chi connectivity index (χ1) is 10.4. The van der Waals surface area contributed by atoms with Gasteiger partial charge in [0.2, 0.25) is 0 Å². The molecule has 4 rings (SSSR count). The Balaban J connectivity index is 1.49. The molecule has 1 fully saturated rings. The molecule has 0 unspecified atom stereocenters. The molecule has 3 aromatic rings. The Morgan fingerprint density at radius 1 is 1.14 bits per heavy atom. The molecule has 6 heteroatoms. The second-order valence-electron chi connectivity index (χ2n) is 5.30. The molecule has 1 aliphatic carbocycles. The van der Waals surface area contributed by atoms with Crippen LogP contribution in [0.4, 0.5) is 5.69 Å². The molecule has 21 heavy (non-hydrogen) atoms. The van der Waals surface area contributed by atoms with Gasteiger partial charge < -0.3 is 9.88 Å². The molecule has 106 valence electrons. The van der Waals surface area contributed by atoms with Crippen molar-refractivity contribution < 1.29 is 0 Å². The lowest BCUT2D eigenvalue weighted by atomic mass is 10.2. The predicted octanol–water partition coefficient (Wildman–Crippen LogP) is 2.41. The fraction of sp³-hybridized carbons (Fsp3) is 0.267. The van der Waals surface area contributed by atoms with E-state index in [9.17, 15) is 0 Å². The van der Waals surface area contributed by atoms with Crippen LogP contribution in [0.3, 0.4) is 0 Å². The normalized spacial score (nSPS) is 14.3. The van der Waals surface area contributed by atoms with E-state index in [0.717, 1.165) is 17.9 Å². The minimum atomic E-state index is 0.660. The van der Waals surface area contributed by atoms with Crippen LogP contribution in [0.15, 0.2) is 49.4 Å². The Labute approximate surface area is 122 Å². The lowest BCUT2D eigenvalue weighted by Crippen LogP contribution is -2.06. The molecule has 0 spiro atoms. The van der Waals surface area contributed by atoms with Gasteiger partial charge in [0.05, 0.1) is 24.3 Å². The fourth-order valence-electron chi connectivity index (χ4n) is 2.45. The zero-order valence-electron chi connectivity index (χ0n) is 11.6. The van der Waals surface area contributed by atoms with Gasteiger partial charge in [-0.25, -0.2) is 4.98 Å². The largest absolute Gasteiger partial charge is 0.379 e. The molecule has 1 aliphatic rings. The van der Waals surface area contributed by atoms with E-state index >= 15 is 0 Å². The quantitative estimate of drug-likeness (QED) is 0.779. The third kappa shape index (κ3) is 2.52. The maximum Gasteiger partial charge on any atom is 0.123 e. The predicted molar refractivity (Wildman–Crippen MR) is 79.2 cm³/mol. The number of hydrogen-bond donors (Lipinski definition) is 1. The first kappa shape index (κ1) is 12.1. The lowest BCUT2D eigenvalue weighted by Gasteiger charge is -2.10. The molecule has 0 aliphatic heterocycles. The van der Waals surface area contributed by atoms with Crippen LogP contribution >= 0.6 is 0 Å². The van der Waals surface area contributed by atoms with Crippen molar-refractivity contribution in [3.05, 3.63) is 55.1 Å². The lowest BCUT2D eigenvalue weighted by molar-refractivity contribution is 0.701. The van der Waals surface area contributed by atoms with Crippen LogP contribution in [0.1, 0.15) is 24.6 Å². The molecule has 0 atom stereocenters. The Morgan fingerprint density at radius 3 is 2.81 bits per heavy atom. The van der Waals surface area contributed by atoms with Crippen LogP contribution in [0, 0.1) is 0 Å². The highest BCUT2D eigenvalue weighted by Crippen LogP contribution is 2.35. The van der Waals surface area contributed by atoms with Crippen LogP contribution in [0.25, 0.3) is 5.69 Å². The van der Waals surface area contributed by atoms with Crippen LogP contribution < -0.4 is 5.32 Å². The highest BCUT2D eigenvalue weighted by Gasteiger charge is 2.24. The summed E-state index contributed by atoms with van der Waals surface area (Å²) >= 11 is 0. The summed E-state index contributed by atoms with van der Waals surface area (Å²) in [6.07, 6.45) is 9.80. The summed E-state index contributed by atoms with van der Waals surface area (Å²) in [6.45, 7) is 0.780. The van der Waals surface area contributed by atoms with Gasteiger partial charge in [-0.15, -0.1) is 10.2 Å². The fourth-order valence-corrected chi connectivity index (χ4v) is 2.45.